The molecule has 0 fully saturated rings. The number of rotatable bonds is 7. The Hall–Kier alpha value is -1.80. The highest BCUT2D eigenvalue weighted by Crippen LogP contribution is 2.26. The lowest BCUT2D eigenvalue weighted by Gasteiger charge is -2.22. The molecule has 0 aromatic heterocycles. The van der Waals surface area contributed by atoms with E-state index in [9.17, 15) is 5.11 Å². The van der Waals surface area contributed by atoms with Gasteiger partial charge in [0.1, 0.15) is 5.75 Å². The van der Waals surface area contributed by atoms with E-state index in [1.54, 1.807) is 7.11 Å². The molecule has 0 amide bonds. The van der Waals surface area contributed by atoms with E-state index in [1.165, 1.54) is 11.1 Å². The molecule has 21 heavy (non-hydrogen) atoms. The van der Waals surface area contributed by atoms with E-state index in [-0.39, 0.29) is 12.0 Å². The minimum absolute atomic E-state index is 0.212. The molecule has 0 radical (unpaired) electrons. The van der Waals surface area contributed by atoms with Crippen LogP contribution in [0.15, 0.2) is 54.6 Å². The standard InChI is InChI=1S/C19H24O2/c1-3-18(16-7-5-4-6-8-16)19(20)14-11-15-9-12-17(21-2)13-10-15/h4-10,12-13,18-20H,3,11,14H2,1-2H3. The van der Waals surface area contributed by atoms with Crippen molar-refractivity contribution in [3.05, 3.63) is 65.7 Å². The molecule has 2 aromatic carbocycles. The number of ether oxygens (including phenoxy) is 1. The van der Waals surface area contributed by atoms with E-state index in [4.69, 9.17) is 4.74 Å². The SMILES string of the molecule is CCC(c1ccccc1)C(O)CCc1ccc(OC)cc1. The molecule has 0 saturated carbocycles. The average Bonchev–Trinajstić information content (AvgIpc) is 2.55. The lowest BCUT2D eigenvalue weighted by Crippen LogP contribution is -2.18. The molecule has 0 aliphatic rings. The molecule has 0 aliphatic carbocycles. The smallest absolute Gasteiger partial charge is 0.118 e. The quantitative estimate of drug-likeness (QED) is 0.826. The molecule has 2 nitrogen and oxygen atoms in total. The Kier molecular flexibility index (Phi) is 5.82. The molecule has 0 saturated heterocycles. The van der Waals surface area contributed by atoms with Crippen molar-refractivity contribution in [3.63, 3.8) is 0 Å². The first-order valence-corrected chi connectivity index (χ1v) is 7.60. The lowest BCUT2D eigenvalue weighted by molar-refractivity contribution is 0.131. The van der Waals surface area contributed by atoms with Gasteiger partial charge in [-0.15, -0.1) is 0 Å². The molecule has 0 spiro atoms. The van der Waals surface area contributed by atoms with Crippen LogP contribution in [-0.2, 0) is 6.42 Å². The summed E-state index contributed by atoms with van der Waals surface area (Å²) in [4.78, 5) is 0. The van der Waals surface area contributed by atoms with Gasteiger partial charge >= 0.3 is 0 Å². The molecule has 1 N–H and O–H groups in total. The van der Waals surface area contributed by atoms with Crippen LogP contribution in [0.4, 0.5) is 0 Å². The number of hydrogen-bond donors (Lipinski definition) is 1. The predicted molar refractivity (Wildman–Crippen MR) is 86.8 cm³/mol. The predicted octanol–water partition coefficient (Wildman–Crippen LogP) is 4.18. The molecule has 112 valence electrons. The number of methoxy groups -OCH3 is 1. The van der Waals surface area contributed by atoms with Gasteiger partial charge in [-0.3, -0.25) is 0 Å². The average molecular weight is 284 g/mol. The topological polar surface area (TPSA) is 29.5 Å². The van der Waals surface area contributed by atoms with Gasteiger partial charge in [0.2, 0.25) is 0 Å². The Morgan fingerprint density at radius 2 is 1.67 bits per heavy atom. The molecule has 2 atom stereocenters. The van der Waals surface area contributed by atoms with Crippen LogP contribution >= 0.6 is 0 Å². The summed E-state index contributed by atoms with van der Waals surface area (Å²) < 4.78 is 5.16. The minimum atomic E-state index is -0.306. The summed E-state index contributed by atoms with van der Waals surface area (Å²) in [7, 11) is 1.67. The van der Waals surface area contributed by atoms with Crippen molar-refractivity contribution in [2.45, 2.75) is 38.2 Å². The Labute approximate surface area is 127 Å². The molecule has 2 aromatic rings. The molecule has 0 bridgehead atoms. The van der Waals surface area contributed by atoms with Crippen LogP contribution in [0.25, 0.3) is 0 Å². The summed E-state index contributed by atoms with van der Waals surface area (Å²) >= 11 is 0. The van der Waals surface area contributed by atoms with Gasteiger partial charge in [-0.2, -0.15) is 0 Å². The highest BCUT2D eigenvalue weighted by molar-refractivity contribution is 5.27. The summed E-state index contributed by atoms with van der Waals surface area (Å²) in [5, 5.41) is 10.5. The van der Waals surface area contributed by atoms with Gasteiger partial charge in [-0.1, -0.05) is 49.4 Å². The maximum Gasteiger partial charge on any atom is 0.118 e. The van der Waals surface area contributed by atoms with Gasteiger partial charge in [0.15, 0.2) is 0 Å². The zero-order chi connectivity index (χ0) is 15.1. The molecule has 0 heterocycles. The van der Waals surface area contributed by atoms with Crippen LogP contribution in [0.2, 0.25) is 0 Å². The number of aliphatic hydroxyl groups is 1. The summed E-state index contributed by atoms with van der Waals surface area (Å²) in [6, 6.07) is 18.4. The van der Waals surface area contributed by atoms with Crippen molar-refractivity contribution in [3.8, 4) is 5.75 Å². The normalized spacial score (nSPS) is 13.7. The summed E-state index contributed by atoms with van der Waals surface area (Å²) in [5.41, 5.74) is 2.46. The zero-order valence-corrected chi connectivity index (χ0v) is 12.8. The van der Waals surface area contributed by atoms with Crippen LogP contribution in [0.1, 0.15) is 36.8 Å². The van der Waals surface area contributed by atoms with Crippen LogP contribution < -0.4 is 4.74 Å². The largest absolute Gasteiger partial charge is 0.497 e. The number of aliphatic hydroxyl groups excluding tert-OH is 1. The van der Waals surface area contributed by atoms with Crippen LogP contribution in [0, 0.1) is 0 Å². The van der Waals surface area contributed by atoms with Crippen molar-refractivity contribution in [1.29, 1.82) is 0 Å². The number of benzene rings is 2. The van der Waals surface area contributed by atoms with E-state index < -0.39 is 0 Å². The maximum atomic E-state index is 10.5. The van der Waals surface area contributed by atoms with Crippen molar-refractivity contribution < 1.29 is 9.84 Å². The Balaban J connectivity index is 1.94. The second kappa shape index (κ2) is 7.84. The van der Waals surface area contributed by atoms with Gasteiger partial charge in [-0.25, -0.2) is 0 Å². The van der Waals surface area contributed by atoms with Crippen LogP contribution in [0.5, 0.6) is 5.75 Å². The van der Waals surface area contributed by atoms with E-state index in [1.807, 2.05) is 30.3 Å². The third-order valence-corrected chi connectivity index (χ3v) is 4.02. The monoisotopic (exact) mass is 284 g/mol. The van der Waals surface area contributed by atoms with Crippen molar-refractivity contribution in [1.82, 2.24) is 0 Å². The zero-order valence-electron chi connectivity index (χ0n) is 12.8. The summed E-state index contributed by atoms with van der Waals surface area (Å²) in [6.07, 6.45) is 2.31. The molecule has 2 unspecified atom stereocenters. The van der Waals surface area contributed by atoms with Crippen molar-refractivity contribution in [2.75, 3.05) is 7.11 Å². The van der Waals surface area contributed by atoms with Gasteiger partial charge in [0.25, 0.3) is 0 Å². The van der Waals surface area contributed by atoms with Crippen LogP contribution in [-0.4, -0.2) is 18.3 Å². The summed E-state index contributed by atoms with van der Waals surface area (Å²) in [6.45, 7) is 2.13. The van der Waals surface area contributed by atoms with Crippen LogP contribution in [0.3, 0.4) is 0 Å². The van der Waals surface area contributed by atoms with E-state index in [2.05, 4.69) is 31.2 Å². The maximum absolute atomic E-state index is 10.5. The fourth-order valence-electron chi connectivity index (χ4n) is 2.74. The first-order chi connectivity index (χ1) is 10.2. The molecule has 2 heteroatoms. The highest BCUT2D eigenvalue weighted by Gasteiger charge is 2.18. The molecular formula is C19H24O2. The number of hydrogen-bond acceptors (Lipinski definition) is 2. The van der Waals surface area contributed by atoms with Crippen molar-refractivity contribution in [2.24, 2.45) is 0 Å². The molecule has 2 rings (SSSR count). The Morgan fingerprint density at radius 1 is 1.00 bits per heavy atom. The number of aryl methyl sites for hydroxylation is 1. The van der Waals surface area contributed by atoms with Gasteiger partial charge in [-0.05, 0) is 42.5 Å². The minimum Gasteiger partial charge on any atom is -0.497 e. The molecular weight excluding hydrogens is 260 g/mol. The summed E-state index contributed by atoms with van der Waals surface area (Å²) in [5.74, 6) is 1.08. The van der Waals surface area contributed by atoms with Gasteiger partial charge in [0.05, 0.1) is 13.2 Å². The van der Waals surface area contributed by atoms with E-state index >= 15 is 0 Å². The van der Waals surface area contributed by atoms with E-state index in [0.29, 0.717) is 0 Å². The third kappa shape index (κ3) is 4.33. The Bertz CT molecular complexity index is 519. The van der Waals surface area contributed by atoms with Gasteiger partial charge < -0.3 is 9.84 Å². The van der Waals surface area contributed by atoms with Crippen molar-refractivity contribution >= 4 is 0 Å². The second-order valence-corrected chi connectivity index (χ2v) is 5.38. The first kappa shape index (κ1) is 15.6. The lowest BCUT2D eigenvalue weighted by atomic mass is 9.88. The third-order valence-electron chi connectivity index (χ3n) is 4.02. The highest BCUT2D eigenvalue weighted by atomic mass is 16.5. The Morgan fingerprint density at radius 3 is 2.24 bits per heavy atom. The second-order valence-electron chi connectivity index (χ2n) is 5.38. The first-order valence-electron chi connectivity index (χ1n) is 7.60. The fraction of sp³-hybridized carbons (Fsp3) is 0.368. The fourth-order valence-corrected chi connectivity index (χ4v) is 2.74. The van der Waals surface area contributed by atoms with Gasteiger partial charge in [0, 0.05) is 5.92 Å². The van der Waals surface area contributed by atoms with E-state index in [0.717, 1.165) is 25.0 Å². The molecule has 0 aliphatic heterocycles.